The number of carbonyl (C=O) groups is 4. The predicted octanol–water partition coefficient (Wildman–Crippen LogP) is 7.69. The van der Waals surface area contributed by atoms with Gasteiger partial charge in [0.1, 0.15) is 17.8 Å². The highest BCUT2D eigenvalue weighted by Gasteiger charge is 2.24. The first-order valence-electron chi connectivity index (χ1n) is 18.0. The smallest absolute Gasteiger partial charge is 0.352 e. The van der Waals surface area contributed by atoms with Crippen LogP contribution in [-0.2, 0) is 9.59 Å². The highest BCUT2D eigenvalue weighted by Crippen LogP contribution is 2.37. The molecule has 2 unspecified atom stereocenters. The fraction of sp³-hybridized carbons (Fsp3) is 0.293. The summed E-state index contributed by atoms with van der Waals surface area (Å²) in [7, 11) is 0. The minimum absolute atomic E-state index is 0.0118. The Kier molecular flexibility index (Phi) is 10.1. The zero-order chi connectivity index (χ0) is 37.1. The standard InChI is InChI=1S/C41H42N6O6/c1-24(19-36(49)44-29-14-15-32-31(22-29)37(38(45-32)41(51)52)26-9-5-3-6-10-26)42-35(48)20-25(2)43-40(50)27-13-16-34-33(21-27)46-39(28-17-18-53-23-28)47(34)30-11-7-4-8-12-30/h3,5-6,9-10,13-18,21-25,30,45H,4,7-8,11-12,19-20H2,1-2H3,(H,42,48)(H,43,50)(H,44,49)(H,51,52). The summed E-state index contributed by atoms with van der Waals surface area (Å²) in [5, 5.41) is 19.1. The molecule has 53 heavy (non-hydrogen) atoms. The van der Waals surface area contributed by atoms with E-state index < -0.39 is 18.1 Å². The van der Waals surface area contributed by atoms with Crippen LogP contribution in [0.15, 0.2) is 89.7 Å². The van der Waals surface area contributed by atoms with Crippen molar-refractivity contribution in [3.8, 4) is 22.5 Å². The van der Waals surface area contributed by atoms with Crippen molar-refractivity contribution in [1.82, 2.24) is 25.2 Å². The molecule has 1 saturated carbocycles. The Morgan fingerprint density at radius 2 is 1.64 bits per heavy atom. The number of aromatic nitrogens is 3. The van der Waals surface area contributed by atoms with Crippen molar-refractivity contribution in [1.29, 1.82) is 0 Å². The third-order valence-corrected chi connectivity index (χ3v) is 9.80. The number of benzene rings is 3. The van der Waals surface area contributed by atoms with Crippen LogP contribution in [-0.4, -0.2) is 55.4 Å². The lowest BCUT2D eigenvalue weighted by Crippen LogP contribution is -2.40. The molecule has 3 heterocycles. The summed E-state index contributed by atoms with van der Waals surface area (Å²) in [4.78, 5) is 59.1. The van der Waals surface area contributed by atoms with E-state index in [9.17, 15) is 24.3 Å². The first-order valence-corrected chi connectivity index (χ1v) is 18.0. The summed E-state index contributed by atoms with van der Waals surface area (Å²) in [5.41, 5.74) is 5.54. The molecule has 1 fully saturated rings. The van der Waals surface area contributed by atoms with E-state index in [2.05, 4.69) is 25.5 Å². The molecule has 3 aromatic heterocycles. The zero-order valence-electron chi connectivity index (χ0n) is 29.6. The van der Waals surface area contributed by atoms with Gasteiger partial charge >= 0.3 is 5.97 Å². The van der Waals surface area contributed by atoms with Gasteiger partial charge in [-0.3, -0.25) is 14.4 Å². The molecule has 0 aliphatic heterocycles. The van der Waals surface area contributed by atoms with Gasteiger partial charge < -0.3 is 35.0 Å². The summed E-state index contributed by atoms with van der Waals surface area (Å²) in [6.07, 6.45) is 9.12. The average molecular weight is 715 g/mol. The van der Waals surface area contributed by atoms with E-state index in [0.717, 1.165) is 40.8 Å². The average Bonchev–Trinajstić information content (AvgIpc) is 3.89. The van der Waals surface area contributed by atoms with E-state index in [-0.39, 0.29) is 36.3 Å². The van der Waals surface area contributed by atoms with Crippen molar-refractivity contribution in [2.24, 2.45) is 0 Å². The molecule has 3 amide bonds. The monoisotopic (exact) mass is 714 g/mol. The molecular weight excluding hydrogens is 672 g/mol. The minimum Gasteiger partial charge on any atom is -0.477 e. The largest absolute Gasteiger partial charge is 0.477 e. The first-order chi connectivity index (χ1) is 25.6. The number of nitrogens with one attached hydrogen (secondary N) is 4. The normalized spacial score (nSPS) is 14.5. The molecule has 0 radical (unpaired) electrons. The van der Waals surface area contributed by atoms with Crippen LogP contribution in [0.1, 0.15) is 85.7 Å². The van der Waals surface area contributed by atoms with Crippen LogP contribution in [0.4, 0.5) is 5.69 Å². The molecule has 1 aliphatic carbocycles. The topological polar surface area (TPSA) is 171 Å². The molecule has 2 atom stereocenters. The molecule has 12 heteroatoms. The Balaban J connectivity index is 0.946. The highest BCUT2D eigenvalue weighted by molar-refractivity contribution is 6.09. The van der Waals surface area contributed by atoms with Crippen molar-refractivity contribution >= 4 is 51.3 Å². The first kappa shape index (κ1) is 35.2. The number of fused-ring (bicyclic) bond motifs is 2. The molecule has 12 nitrogen and oxygen atoms in total. The van der Waals surface area contributed by atoms with Gasteiger partial charge in [0.25, 0.3) is 5.91 Å². The van der Waals surface area contributed by atoms with Crippen LogP contribution in [0.25, 0.3) is 44.5 Å². The maximum atomic E-state index is 13.3. The number of hydrogen-bond donors (Lipinski definition) is 5. The summed E-state index contributed by atoms with van der Waals surface area (Å²) in [6.45, 7) is 3.50. The predicted molar refractivity (Wildman–Crippen MR) is 203 cm³/mol. The molecule has 0 spiro atoms. The number of hydrogen-bond acceptors (Lipinski definition) is 6. The number of anilines is 1. The Labute approximate surface area is 306 Å². The Hall–Kier alpha value is -6.17. The van der Waals surface area contributed by atoms with Gasteiger partial charge in [-0.1, -0.05) is 49.6 Å². The Morgan fingerprint density at radius 3 is 2.38 bits per heavy atom. The number of carbonyl (C=O) groups excluding carboxylic acids is 3. The summed E-state index contributed by atoms with van der Waals surface area (Å²) < 4.78 is 7.65. The lowest BCUT2D eigenvalue weighted by Gasteiger charge is -2.25. The molecule has 3 aromatic carbocycles. The van der Waals surface area contributed by atoms with E-state index in [4.69, 9.17) is 9.40 Å². The Morgan fingerprint density at radius 1 is 0.887 bits per heavy atom. The van der Waals surface area contributed by atoms with Gasteiger partial charge in [0.2, 0.25) is 11.8 Å². The van der Waals surface area contributed by atoms with E-state index >= 15 is 0 Å². The second kappa shape index (κ2) is 15.2. The van der Waals surface area contributed by atoms with Gasteiger partial charge in [-0.2, -0.15) is 0 Å². The van der Waals surface area contributed by atoms with Crippen molar-refractivity contribution in [2.75, 3.05) is 5.32 Å². The maximum Gasteiger partial charge on any atom is 0.352 e. The van der Waals surface area contributed by atoms with Gasteiger partial charge in [-0.15, -0.1) is 0 Å². The van der Waals surface area contributed by atoms with Gasteiger partial charge in [0.05, 0.1) is 22.9 Å². The fourth-order valence-electron chi connectivity index (χ4n) is 7.39. The molecule has 0 saturated heterocycles. The molecule has 0 bridgehead atoms. The fourth-order valence-corrected chi connectivity index (χ4v) is 7.39. The molecule has 1 aliphatic rings. The number of carboxylic acid groups (broad SMARTS) is 1. The van der Waals surface area contributed by atoms with Gasteiger partial charge in [0, 0.05) is 58.7 Å². The SMILES string of the molecule is CC(CC(=O)Nc1ccc2[nH]c(C(=O)O)c(-c3ccccc3)c2c1)NC(=O)CC(C)NC(=O)c1ccc2c(c1)nc(-c1ccoc1)n2C1CCCCC1. The van der Waals surface area contributed by atoms with E-state index in [1.165, 1.54) is 19.3 Å². The molecule has 7 rings (SSSR count). The van der Waals surface area contributed by atoms with Crippen molar-refractivity contribution < 1.29 is 28.7 Å². The van der Waals surface area contributed by atoms with Crippen molar-refractivity contribution in [3.05, 3.63) is 96.6 Å². The lowest BCUT2D eigenvalue weighted by molar-refractivity contribution is -0.122. The summed E-state index contributed by atoms with van der Waals surface area (Å²) in [6, 6.07) is 21.2. The number of amides is 3. The second-order valence-electron chi connectivity index (χ2n) is 13.9. The third kappa shape index (κ3) is 7.71. The number of imidazole rings is 1. The number of H-pyrrole nitrogens is 1. The number of carboxylic acids is 1. The number of aromatic carboxylic acids is 1. The minimum atomic E-state index is -1.08. The van der Waals surface area contributed by atoms with E-state index in [0.29, 0.717) is 33.8 Å². The number of furan rings is 1. The lowest BCUT2D eigenvalue weighted by atomic mass is 9.95. The quantitative estimate of drug-likeness (QED) is 0.0865. The summed E-state index contributed by atoms with van der Waals surface area (Å²) >= 11 is 0. The van der Waals surface area contributed by atoms with Crippen molar-refractivity contribution in [2.45, 2.75) is 76.9 Å². The van der Waals surface area contributed by atoms with Crippen LogP contribution < -0.4 is 16.0 Å². The van der Waals surface area contributed by atoms with Gasteiger partial charge in [-0.25, -0.2) is 9.78 Å². The van der Waals surface area contributed by atoms with E-state index in [1.807, 2.05) is 42.5 Å². The number of rotatable bonds is 12. The zero-order valence-corrected chi connectivity index (χ0v) is 29.6. The highest BCUT2D eigenvalue weighted by atomic mass is 16.4. The van der Waals surface area contributed by atoms with Crippen LogP contribution in [0, 0.1) is 0 Å². The summed E-state index contributed by atoms with van der Waals surface area (Å²) in [5.74, 6) is -1.16. The Bertz CT molecular complexity index is 2280. The van der Waals surface area contributed by atoms with Gasteiger partial charge in [-0.05, 0) is 74.7 Å². The van der Waals surface area contributed by atoms with Crippen LogP contribution >= 0.6 is 0 Å². The van der Waals surface area contributed by atoms with Crippen molar-refractivity contribution in [3.63, 3.8) is 0 Å². The molecular formula is C41H42N6O6. The third-order valence-electron chi connectivity index (χ3n) is 9.80. The number of aromatic amines is 1. The number of nitrogens with zero attached hydrogens (tertiary/aromatic N) is 2. The maximum absolute atomic E-state index is 13.3. The molecule has 5 N–H and O–H groups in total. The van der Waals surface area contributed by atoms with Crippen LogP contribution in [0.5, 0.6) is 0 Å². The van der Waals surface area contributed by atoms with Gasteiger partial charge in [0.15, 0.2) is 0 Å². The second-order valence-corrected chi connectivity index (χ2v) is 13.9. The molecule has 6 aromatic rings. The van der Waals surface area contributed by atoms with E-state index in [1.54, 1.807) is 56.7 Å². The van der Waals surface area contributed by atoms with Crippen LogP contribution in [0.3, 0.4) is 0 Å². The molecule has 272 valence electrons. The van der Waals surface area contributed by atoms with Crippen LogP contribution in [0.2, 0.25) is 0 Å².